The van der Waals surface area contributed by atoms with Crippen LogP contribution in [0.15, 0.2) is 30.3 Å². The fourth-order valence-electron chi connectivity index (χ4n) is 1.76. The lowest BCUT2D eigenvalue weighted by molar-refractivity contribution is 0.215. The van der Waals surface area contributed by atoms with Gasteiger partial charge in [0, 0.05) is 4.57 Å². The number of benzene rings is 1. The highest BCUT2D eigenvalue weighted by atomic mass is 31.1. The summed E-state index contributed by atoms with van der Waals surface area (Å²) in [5, 5.41) is 0. The minimum atomic E-state index is -1.98. The molecule has 0 amide bonds. The maximum Gasteiger partial charge on any atom is 0.697 e. The lowest BCUT2D eigenvalue weighted by atomic mass is 10.1. The van der Waals surface area contributed by atoms with E-state index in [0.717, 1.165) is 18.4 Å². The molecule has 0 heterocycles. The molecule has 0 aliphatic rings. The van der Waals surface area contributed by atoms with Crippen LogP contribution in [0.25, 0.3) is 0 Å². The van der Waals surface area contributed by atoms with Crippen LogP contribution in [0.1, 0.15) is 51.0 Å². The monoisotopic (exact) mass is 283 g/mol. The Morgan fingerprint density at radius 2 is 1.63 bits per heavy atom. The average Bonchev–Trinajstić information content (AvgIpc) is 2.45. The SMILES string of the molecule is CCCCCCCCO[P+](=O)OCc1ccccc1. The number of hydrogen-bond donors (Lipinski definition) is 0. The zero-order valence-corrected chi connectivity index (χ0v) is 12.6. The van der Waals surface area contributed by atoms with Crippen LogP contribution in [0.2, 0.25) is 0 Å². The van der Waals surface area contributed by atoms with E-state index in [1.165, 1.54) is 25.7 Å². The van der Waals surface area contributed by atoms with Crippen LogP contribution < -0.4 is 0 Å². The summed E-state index contributed by atoms with van der Waals surface area (Å²) >= 11 is 0. The molecule has 0 aromatic heterocycles. The first-order valence-corrected chi connectivity index (χ1v) is 8.19. The smallest absolute Gasteiger partial charge is 0.119 e. The minimum Gasteiger partial charge on any atom is -0.119 e. The van der Waals surface area contributed by atoms with Gasteiger partial charge in [0.15, 0.2) is 0 Å². The minimum absolute atomic E-state index is 0.340. The van der Waals surface area contributed by atoms with E-state index in [1.807, 2.05) is 30.3 Å². The summed E-state index contributed by atoms with van der Waals surface area (Å²) in [6.07, 6.45) is 7.18. The van der Waals surface area contributed by atoms with Crippen molar-refractivity contribution in [3.05, 3.63) is 35.9 Å². The third-order valence-electron chi connectivity index (χ3n) is 2.87. The van der Waals surface area contributed by atoms with E-state index in [1.54, 1.807) is 0 Å². The Morgan fingerprint density at radius 1 is 0.947 bits per heavy atom. The Kier molecular flexibility index (Phi) is 9.52. The third-order valence-corrected chi connectivity index (χ3v) is 3.61. The zero-order chi connectivity index (χ0) is 13.8. The van der Waals surface area contributed by atoms with Gasteiger partial charge in [0.2, 0.25) is 0 Å². The highest BCUT2D eigenvalue weighted by Crippen LogP contribution is 2.26. The number of unbranched alkanes of at least 4 members (excludes halogenated alkanes) is 5. The molecule has 0 aliphatic carbocycles. The van der Waals surface area contributed by atoms with Crippen molar-refractivity contribution in [2.24, 2.45) is 0 Å². The van der Waals surface area contributed by atoms with Crippen molar-refractivity contribution >= 4 is 8.25 Å². The van der Waals surface area contributed by atoms with Crippen molar-refractivity contribution in [3.63, 3.8) is 0 Å². The topological polar surface area (TPSA) is 35.5 Å². The van der Waals surface area contributed by atoms with Crippen LogP contribution in [0.5, 0.6) is 0 Å². The molecule has 1 rings (SSSR count). The molecule has 1 unspecified atom stereocenters. The van der Waals surface area contributed by atoms with Gasteiger partial charge in [-0.05, 0) is 12.0 Å². The fraction of sp³-hybridized carbons (Fsp3) is 0.600. The first kappa shape index (κ1) is 16.3. The Bertz CT molecular complexity index is 341. The van der Waals surface area contributed by atoms with Crippen molar-refractivity contribution in [1.82, 2.24) is 0 Å². The summed E-state index contributed by atoms with van der Waals surface area (Å²) in [5.74, 6) is 0. The van der Waals surface area contributed by atoms with Crippen molar-refractivity contribution in [2.45, 2.75) is 52.1 Å². The van der Waals surface area contributed by atoms with Crippen molar-refractivity contribution < 1.29 is 13.6 Å². The Balaban J connectivity index is 1.96. The van der Waals surface area contributed by atoms with E-state index in [4.69, 9.17) is 9.05 Å². The summed E-state index contributed by atoms with van der Waals surface area (Å²) in [7, 11) is -1.98. The van der Waals surface area contributed by atoms with Gasteiger partial charge in [-0.2, -0.15) is 0 Å². The maximum atomic E-state index is 11.5. The van der Waals surface area contributed by atoms with Crippen molar-refractivity contribution in [3.8, 4) is 0 Å². The zero-order valence-electron chi connectivity index (χ0n) is 11.7. The van der Waals surface area contributed by atoms with Gasteiger partial charge in [0.1, 0.15) is 13.2 Å². The molecule has 19 heavy (non-hydrogen) atoms. The summed E-state index contributed by atoms with van der Waals surface area (Å²) in [6, 6.07) is 9.69. The second-order valence-electron chi connectivity index (χ2n) is 4.58. The fourth-order valence-corrected chi connectivity index (χ4v) is 2.37. The van der Waals surface area contributed by atoms with Crippen LogP contribution in [-0.4, -0.2) is 6.61 Å². The van der Waals surface area contributed by atoms with Gasteiger partial charge < -0.3 is 0 Å². The molecule has 106 valence electrons. The second kappa shape index (κ2) is 11.1. The molecule has 1 aromatic carbocycles. The molecule has 0 fully saturated rings. The molecule has 0 N–H and O–H groups in total. The van der Waals surface area contributed by atoms with Crippen LogP contribution in [0.4, 0.5) is 0 Å². The van der Waals surface area contributed by atoms with Crippen molar-refractivity contribution in [1.29, 1.82) is 0 Å². The highest BCUT2D eigenvalue weighted by molar-refractivity contribution is 7.33. The highest BCUT2D eigenvalue weighted by Gasteiger charge is 2.19. The number of rotatable bonds is 11. The molecule has 0 spiro atoms. The van der Waals surface area contributed by atoms with E-state index >= 15 is 0 Å². The molecular formula is C15H24O3P+. The summed E-state index contributed by atoms with van der Waals surface area (Å²) in [6.45, 7) is 3.07. The molecule has 3 nitrogen and oxygen atoms in total. The molecule has 0 saturated carbocycles. The van der Waals surface area contributed by atoms with Crippen molar-refractivity contribution in [2.75, 3.05) is 6.61 Å². The van der Waals surface area contributed by atoms with Crippen LogP contribution >= 0.6 is 8.25 Å². The predicted octanol–water partition coefficient (Wildman–Crippen LogP) is 5.24. The first-order chi connectivity index (χ1) is 9.33. The van der Waals surface area contributed by atoms with E-state index in [-0.39, 0.29) is 0 Å². The van der Waals surface area contributed by atoms with Gasteiger partial charge in [-0.15, -0.1) is 9.05 Å². The van der Waals surface area contributed by atoms with E-state index in [0.29, 0.717) is 13.2 Å². The predicted molar refractivity (Wildman–Crippen MR) is 78.2 cm³/mol. The second-order valence-corrected chi connectivity index (χ2v) is 5.55. The van der Waals surface area contributed by atoms with Crippen LogP contribution in [-0.2, 0) is 20.2 Å². The Morgan fingerprint density at radius 3 is 2.37 bits per heavy atom. The molecule has 1 atom stereocenters. The lowest BCUT2D eigenvalue weighted by Gasteiger charge is -1.97. The first-order valence-electron chi connectivity index (χ1n) is 7.10. The molecule has 4 heteroatoms. The Labute approximate surface area is 117 Å². The summed E-state index contributed by atoms with van der Waals surface area (Å²) < 4.78 is 21.8. The molecule has 0 bridgehead atoms. The van der Waals surface area contributed by atoms with Gasteiger partial charge in [-0.1, -0.05) is 69.4 Å². The summed E-state index contributed by atoms with van der Waals surface area (Å²) in [5.41, 5.74) is 1.01. The molecular weight excluding hydrogens is 259 g/mol. The quantitative estimate of drug-likeness (QED) is 0.411. The van der Waals surface area contributed by atoms with Gasteiger partial charge in [0.05, 0.1) is 0 Å². The summed E-state index contributed by atoms with van der Waals surface area (Å²) in [4.78, 5) is 0. The van der Waals surface area contributed by atoms with Gasteiger partial charge in [-0.3, -0.25) is 0 Å². The molecule has 1 aromatic rings. The molecule has 0 aliphatic heterocycles. The van der Waals surface area contributed by atoms with Gasteiger partial charge in [0.25, 0.3) is 0 Å². The van der Waals surface area contributed by atoms with E-state index < -0.39 is 8.25 Å². The van der Waals surface area contributed by atoms with E-state index in [9.17, 15) is 4.57 Å². The lowest BCUT2D eigenvalue weighted by Crippen LogP contribution is -1.91. The molecule has 0 radical (unpaired) electrons. The Hall–Kier alpha value is -0.760. The van der Waals surface area contributed by atoms with E-state index in [2.05, 4.69) is 6.92 Å². The van der Waals surface area contributed by atoms with Gasteiger partial charge >= 0.3 is 8.25 Å². The molecule has 0 saturated heterocycles. The average molecular weight is 283 g/mol. The normalized spacial score (nSPS) is 11.5. The van der Waals surface area contributed by atoms with Crippen LogP contribution in [0, 0.1) is 0 Å². The maximum absolute atomic E-state index is 11.5. The van der Waals surface area contributed by atoms with Crippen LogP contribution in [0.3, 0.4) is 0 Å². The van der Waals surface area contributed by atoms with Gasteiger partial charge in [-0.25, -0.2) is 0 Å². The standard InChI is InChI=1S/C15H24O3P/c1-2-3-4-5-6-10-13-17-19(16)18-14-15-11-8-7-9-12-15/h7-9,11-12H,2-6,10,13-14H2,1H3/q+1. The number of hydrogen-bond acceptors (Lipinski definition) is 3. The third kappa shape index (κ3) is 8.88. The largest absolute Gasteiger partial charge is 0.697 e.